The SMILES string of the molecule is Cc1cc(-c2nc[nH]n2)n(CC(C(=O)O)C(C)(C)C)n1. The van der Waals surface area contributed by atoms with E-state index in [0.29, 0.717) is 5.82 Å². The van der Waals surface area contributed by atoms with Crippen LogP contribution in [0.1, 0.15) is 26.5 Å². The largest absolute Gasteiger partial charge is 0.481 e. The van der Waals surface area contributed by atoms with Crippen LogP contribution in [0.5, 0.6) is 0 Å². The second-order valence-corrected chi connectivity index (χ2v) is 5.93. The van der Waals surface area contributed by atoms with Crippen LogP contribution in [-0.4, -0.2) is 36.0 Å². The van der Waals surface area contributed by atoms with Crippen molar-refractivity contribution in [3.8, 4) is 11.5 Å². The highest BCUT2D eigenvalue weighted by Crippen LogP contribution is 2.29. The number of aromatic amines is 1. The van der Waals surface area contributed by atoms with E-state index in [-0.39, 0.29) is 12.0 Å². The Morgan fingerprint density at radius 2 is 2.20 bits per heavy atom. The Morgan fingerprint density at radius 1 is 1.50 bits per heavy atom. The fraction of sp³-hybridized carbons (Fsp3) is 0.538. The van der Waals surface area contributed by atoms with E-state index in [9.17, 15) is 9.90 Å². The fourth-order valence-corrected chi connectivity index (χ4v) is 2.09. The summed E-state index contributed by atoms with van der Waals surface area (Å²) in [4.78, 5) is 15.6. The molecule has 2 heterocycles. The van der Waals surface area contributed by atoms with Gasteiger partial charge in [0.2, 0.25) is 0 Å². The third kappa shape index (κ3) is 2.87. The van der Waals surface area contributed by atoms with Gasteiger partial charge in [0.1, 0.15) is 12.0 Å². The maximum absolute atomic E-state index is 11.5. The number of carboxylic acids is 1. The minimum absolute atomic E-state index is 0.288. The van der Waals surface area contributed by atoms with E-state index in [1.54, 1.807) is 4.68 Å². The van der Waals surface area contributed by atoms with Gasteiger partial charge in [0, 0.05) is 0 Å². The van der Waals surface area contributed by atoms with E-state index in [0.717, 1.165) is 11.4 Å². The summed E-state index contributed by atoms with van der Waals surface area (Å²) in [7, 11) is 0. The summed E-state index contributed by atoms with van der Waals surface area (Å²) < 4.78 is 1.67. The number of hydrogen-bond donors (Lipinski definition) is 2. The number of aromatic nitrogens is 5. The average molecular weight is 277 g/mol. The molecule has 2 aromatic rings. The smallest absolute Gasteiger partial charge is 0.308 e. The van der Waals surface area contributed by atoms with Gasteiger partial charge >= 0.3 is 5.97 Å². The van der Waals surface area contributed by atoms with Gasteiger partial charge in [-0.3, -0.25) is 14.6 Å². The van der Waals surface area contributed by atoms with Crippen LogP contribution in [0.2, 0.25) is 0 Å². The van der Waals surface area contributed by atoms with Gasteiger partial charge in [0.15, 0.2) is 5.82 Å². The van der Waals surface area contributed by atoms with Gasteiger partial charge < -0.3 is 5.11 Å². The Morgan fingerprint density at radius 3 is 2.70 bits per heavy atom. The van der Waals surface area contributed by atoms with E-state index in [4.69, 9.17) is 0 Å². The van der Waals surface area contributed by atoms with Crippen molar-refractivity contribution in [3.05, 3.63) is 18.1 Å². The van der Waals surface area contributed by atoms with Crippen molar-refractivity contribution in [1.29, 1.82) is 0 Å². The van der Waals surface area contributed by atoms with Crippen molar-refractivity contribution in [2.75, 3.05) is 0 Å². The molecule has 0 aliphatic carbocycles. The summed E-state index contributed by atoms with van der Waals surface area (Å²) >= 11 is 0. The molecule has 0 fully saturated rings. The van der Waals surface area contributed by atoms with Gasteiger partial charge in [-0.25, -0.2) is 4.98 Å². The Labute approximate surface area is 117 Å². The molecule has 7 nitrogen and oxygen atoms in total. The Kier molecular flexibility index (Phi) is 3.61. The van der Waals surface area contributed by atoms with Gasteiger partial charge in [0.05, 0.1) is 18.2 Å². The van der Waals surface area contributed by atoms with Crippen molar-refractivity contribution in [2.45, 2.75) is 34.2 Å². The topological polar surface area (TPSA) is 96.7 Å². The number of H-pyrrole nitrogens is 1. The first-order valence-corrected chi connectivity index (χ1v) is 6.42. The molecule has 2 N–H and O–H groups in total. The first kappa shape index (κ1) is 14.2. The maximum atomic E-state index is 11.5. The molecule has 2 rings (SSSR count). The molecular weight excluding hydrogens is 258 g/mol. The lowest BCUT2D eigenvalue weighted by Gasteiger charge is -2.27. The van der Waals surface area contributed by atoms with Crippen LogP contribution in [0.15, 0.2) is 12.4 Å². The van der Waals surface area contributed by atoms with Crippen LogP contribution >= 0.6 is 0 Å². The first-order chi connectivity index (χ1) is 9.29. The number of rotatable bonds is 4. The third-order valence-corrected chi connectivity index (χ3v) is 3.25. The molecule has 0 spiro atoms. The Balaban J connectivity index is 2.36. The second kappa shape index (κ2) is 5.07. The molecule has 0 bridgehead atoms. The second-order valence-electron chi connectivity index (χ2n) is 5.93. The van der Waals surface area contributed by atoms with Crippen molar-refractivity contribution >= 4 is 5.97 Å². The summed E-state index contributed by atoms with van der Waals surface area (Å²) in [6, 6.07) is 1.85. The van der Waals surface area contributed by atoms with Crippen molar-refractivity contribution in [2.24, 2.45) is 11.3 Å². The van der Waals surface area contributed by atoms with Crippen LogP contribution in [-0.2, 0) is 11.3 Å². The normalized spacial score (nSPS) is 13.4. The lowest BCUT2D eigenvalue weighted by atomic mass is 9.81. The predicted molar refractivity (Wildman–Crippen MR) is 72.9 cm³/mol. The van der Waals surface area contributed by atoms with Crippen LogP contribution in [0.4, 0.5) is 0 Å². The van der Waals surface area contributed by atoms with Crippen molar-refractivity contribution in [1.82, 2.24) is 25.0 Å². The van der Waals surface area contributed by atoms with E-state index in [1.807, 2.05) is 33.8 Å². The summed E-state index contributed by atoms with van der Waals surface area (Å²) in [5.41, 5.74) is 1.17. The quantitative estimate of drug-likeness (QED) is 0.887. The molecule has 2 aromatic heterocycles. The maximum Gasteiger partial charge on any atom is 0.308 e. The standard InChI is InChI=1S/C13H19N5O2/c1-8-5-10(11-14-7-15-16-11)18(17-8)6-9(12(19)20)13(2,3)4/h5,7,9H,6H2,1-4H3,(H,19,20)(H,14,15,16). The number of carbonyl (C=O) groups is 1. The van der Waals surface area contributed by atoms with Crippen LogP contribution in [0.3, 0.4) is 0 Å². The molecule has 0 amide bonds. The lowest BCUT2D eigenvalue weighted by Crippen LogP contribution is -2.32. The molecule has 1 atom stereocenters. The number of aryl methyl sites for hydroxylation is 1. The van der Waals surface area contributed by atoms with Gasteiger partial charge in [-0.15, -0.1) is 0 Å². The van der Waals surface area contributed by atoms with E-state index in [2.05, 4.69) is 20.3 Å². The monoisotopic (exact) mass is 277 g/mol. The van der Waals surface area contributed by atoms with Crippen LogP contribution in [0, 0.1) is 18.3 Å². The number of nitrogens with zero attached hydrogens (tertiary/aromatic N) is 4. The Bertz CT molecular complexity index is 595. The van der Waals surface area contributed by atoms with Gasteiger partial charge in [-0.05, 0) is 18.4 Å². The average Bonchev–Trinajstić information content (AvgIpc) is 2.92. The minimum Gasteiger partial charge on any atom is -0.481 e. The van der Waals surface area contributed by atoms with E-state index >= 15 is 0 Å². The summed E-state index contributed by atoms with van der Waals surface area (Å²) in [6.45, 7) is 7.88. The zero-order chi connectivity index (χ0) is 14.9. The van der Waals surface area contributed by atoms with E-state index < -0.39 is 11.9 Å². The van der Waals surface area contributed by atoms with E-state index in [1.165, 1.54) is 6.33 Å². The number of carboxylic acid groups (broad SMARTS) is 1. The first-order valence-electron chi connectivity index (χ1n) is 6.42. The van der Waals surface area contributed by atoms with Crippen LogP contribution in [0.25, 0.3) is 11.5 Å². The van der Waals surface area contributed by atoms with Gasteiger partial charge in [0.25, 0.3) is 0 Å². The molecular formula is C13H19N5O2. The highest BCUT2D eigenvalue weighted by Gasteiger charge is 2.32. The molecule has 0 saturated carbocycles. The van der Waals surface area contributed by atoms with Gasteiger partial charge in [-0.1, -0.05) is 20.8 Å². The summed E-state index contributed by atoms with van der Waals surface area (Å²) in [6.07, 6.45) is 1.49. The minimum atomic E-state index is -0.827. The molecule has 0 aliphatic heterocycles. The highest BCUT2D eigenvalue weighted by atomic mass is 16.4. The molecule has 20 heavy (non-hydrogen) atoms. The van der Waals surface area contributed by atoms with Gasteiger partial charge in [-0.2, -0.15) is 10.2 Å². The number of nitrogens with one attached hydrogen (secondary N) is 1. The zero-order valence-electron chi connectivity index (χ0n) is 12.1. The Hall–Kier alpha value is -2.18. The zero-order valence-corrected chi connectivity index (χ0v) is 12.1. The molecule has 7 heteroatoms. The molecule has 108 valence electrons. The van der Waals surface area contributed by atoms with Crippen LogP contribution < -0.4 is 0 Å². The number of aliphatic carboxylic acids is 1. The van der Waals surface area contributed by atoms with Crippen molar-refractivity contribution in [3.63, 3.8) is 0 Å². The lowest BCUT2D eigenvalue weighted by molar-refractivity contribution is -0.146. The van der Waals surface area contributed by atoms with Crippen molar-refractivity contribution < 1.29 is 9.90 Å². The number of hydrogen-bond acceptors (Lipinski definition) is 4. The molecule has 0 aliphatic rings. The molecule has 0 radical (unpaired) electrons. The third-order valence-electron chi connectivity index (χ3n) is 3.25. The molecule has 1 unspecified atom stereocenters. The summed E-state index contributed by atoms with van der Waals surface area (Å²) in [5, 5.41) is 20.5. The highest BCUT2D eigenvalue weighted by molar-refractivity contribution is 5.71. The predicted octanol–water partition coefficient (Wildman–Crippen LogP) is 1.72. The molecule has 0 aromatic carbocycles. The summed E-state index contributed by atoms with van der Waals surface area (Å²) in [5.74, 6) is -0.852. The molecule has 0 saturated heterocycles. The fourth-order valence-electron chi connectivity index (χ4n) is 2.09.